The fourth-order valence-electron chi connectivity index (χ4n) is 3.16. The first kappa shape index (κ1) is 20.0. The van der Waals surface area contributed by atoms with Crippen LogP contribution in [0.15, 0.2) is 67.0 Å². The Morgan fingerprint density at radius 1 is 1.07 bits per heavy atom. The van der Waals surface area contributed by atoms with Crippen molar-refractivity contribution in [1.82, 2.24) is 15.2 Å². The number of amides is 2. The van der Waals surface area contributed by atoms with Gasteiger partial charge in [-0.05, 0) is 28.0 Å². The highest BCUT2D eigenvalue weighted by Gasteiger charge is 2.15. The van der Waals surface area contributed by atoms with Gasteiger partial charge in [-0.15, -0.1) is 0 Å². The van der Waals surface area contributed by atoms with Crippen molar-refractivity contribution in [3.05, 3.63) is 78.1 Å². The maximum Gasteiger partial charge on any atom is 0.242 e. The summed E-state index contributed by atoms with van der Waals surface area (Å²) in [4.78, 5) is 30.6. The average Bonchev–Trinajstić information content (AvgIpc) is 2.76. The molecule has 0 bridgehead atoms. The number of rotatable bonds is 8. The minimum absolute atomic E-state index is 0.102. The second-order valence-electron chi connectivity index (χ2n) is 6.68. The van der Waals surface area contributed by atoms with E-state index in [0.717, 1.165) is 21.9 Å². The Morgan fingerprint density at radius 3 is 2.69 bits per heavy atom. The van der Waals surface area contributed by atoms with E-state index in [9.17, 15) is 9.59 Å². The number of benzene rings is 2. The maximum atomic E-state index is 12.6. The van der Waals surface area contributed by atoms with E-state index in [4.69, 9.17) is 5.26 Å². The molecule has 146 valence electrons. The molecular formula is C23H22N4O2. The summed E-state index contributed by atoms with van der Waals surface area (Å²) in [5.74, 6) is -0.438. The number of carbonyl (C=O) groups is 2. The highest BCUT2D eigenvalue weighted by atomic mass is 16.2. The summed E-state index contributed by atoms with van der Waals surface area (Å²) < 4.78 is 0. The zero-order chi connectivity index (χ0) is 20.5. The molecule has 1 N–H and O–H groups in total. The molecule has 1 aromatic heterocycles. The summed E-state index contributed by atoms with van der Waals surface area (Å²) in [5.41, 5.74) is 1.80. The number of nitrogens with zero attached hydrogens (tertiary/aromatic N) is 3. The third-order valence-corrected chi connectivity index (χ3v) is 4.61. The van der Waals surface area contributed by atoms with Gasteiger partial charge in [0.25, 0.3) is 0 Å². The first-order valence-corrected chi connectivity index (χ1v) is 9.44. The Labute approximate surface area is 169 Å². The standard InChI is InChI=1S/C23H22N4O2/c24-11-5-13-27(17-18-6-4-12-25-15-18)23(29)16-26-22(28)14-20-9-3-8-19-7-1-2-10-21(19)20/h1-4,6-10,12,15H,5,13-14,16-17H2,(H,26,28). The molecule has 0 saturated carbocycles. The lowest BCUT2D eigenvalue weighted by molar-refractivity contribution is -0.133. The van der Waals surface area contributed by atoms with Crippen molar-refractivity contribution < 1.29 is 9.59 Å². The van der Waals surface area contributed by atoms with Gasteiger partial charge in [-0.1, -0.05) is 48.5 Å². The molecule has 0 spiro atoms. The van der Waals surface area contributed by atoms with Crippen LogP contribution in [0, 0.1) is 11.3 Å². The van der Waals surface area contributed by atoms with E-state index in [-0.39, 0.29) is 31.2 Å². The first-order valence-electron chi connectivity index (χ1n) is 9.44. The molecule has 0 saturated heterocycles. The summed E-state index contributed by atoms with van der Waals surface area (Å²) >= 11 is 0. The Bertz CT molecular complexity index is 1020. The van der Waals surface area contributed by atoms with Gasteiger partial charge in [-0.25, -0.2) is 0 Å². The molecule has 6 heteroatoms. The van der Waals surface area contributed by atoms with Crippen LogP contribution in [-0.4, -0.2) is 34.8 Å². The SMILES string of the molecule is N#CCCN(Cc1cccnc1)C(=O)CNC(=O)Cc1cccc2ccccc12. The van der Waals surface area contributed by atoms with Crippen LogP contribution in [0.25, 0.3) is 10.8 Å². The van der Waals surface area contributed by atoms with Crippen molar-refractivity contribution in [1.29, 1.82) is 5.26 Å². The third-order valence-electron chi connectivity index (χ3n) is 4.61. The van der Waals surface area contributed by atoms with Gasteiger partial charge in [0.05, 0.1) is 25.5 Å². The molecule has 2 amide bonds. The Hall–Kier alpha value is -3.72. The quantitative estimate of drug-likeness (QED) is 0.645. The lowest BCUT2D eigenvalue weighted by Crippen LogP contribution is -2.40. The van der Waals surface area contributed by atoms with Crippen molar-refractivity contribution in [3.8, 4) is 6.07 Å². The summed E-state index contributed by atoms with van der Waals surface area (Å²) in [5, 5.41) is 13.7. The van der Waals surface area contributed by atoms with Crippen molar-refractivity contribution >= 4 is 22.6 Å². The molecule has 2 aromatic carbocycles. The lowest BCUT2D eigenvalue weighted by Gasteiger charge is -2.22. The van der Waals surface area contributed by atoms with Crippen molar-refractivity contribution in [3.63, 3.8) is 0 Å². The topological polar surface area (TPSA) is 86.1 Å². The average molecular weight is 386 g/mol. The van der Waals surface area contributed by atoms with Gasteiger partial charge >= 0.3 is 0 Å². The summed E-state index contributed by atoms with van der Waals surface area (Å²) in [6, 6.07) is 19.5. The highest BCUT2D eigenvalue weighted by Crippen LogP contribution is 2.18. The van der Waals surface area contributed by atoms with E-state index in [2.05, 4.69) is 16.4 Å². The molecule has 0 aliphatic carbocycles. The van der Waals surface area contributed by atoms with Crippen LogP contribution in [0.1, 0.15) is 17.5 Å². The molecule has 0 radical (unpaired) electrons. The number of hydrogen-bond donors (Lipinski definition) is 1. The third kappa shape index (κ3) is 5.63. The van der Waals surface area contributed by atoms with Gasteiger partial charge in [0, 0.05) is 25.5 Å². The monoisotopic (exact) mass is 386 g/mol. The number of pyridine rings is 1. The van der Waals surface area contributed by atoms with Gasteiger partial charge in [-0.3, -0.25) is 14.6 Å². The van der Waals surface area contributed by atoms with Crippen LogP contribution in [0.3, 0.4) is 0 Å². The van der Waals surface area contributed by atoms with Gasteiger partial charge in [0.1, 0.15) is 0 Å². The zero-order valence-electron chi connectivity index (χ0n) is 16.0. The highest BCUT2D eigenvalue weighted by molar-refractivity contribution is 5.91. The molecule has 0 atom stereocenters. The Kier molecular flexibility index (Phi) is 6.90. The minimum atomic E-state index is -0.227. The summed E-state index contributed by atoms with van der Waals surface area (Å²) in [6.07, 6.45) is 3.79. The summed E-state index contributed by atoms with van der Waals surface area (Å²) in [7, 11) is 0. The van der Waals surface area contributed by atoms with Crippen LogP contribution < -0.4 is 5.32 Å². The first-order chi connectivity index (χ1) is 14.2. The number of nitriles is 1. The smallest absolute Gasteiger partial charge is 0.242 e. The Morgan fingerprint density at radius 2 is 1.90 bits per heavy atom. The lowest BCUT2D eigenvalue weighted by atomic mass is 10.0. The molecule has 0 unspecified atom stereocenters. The van der Waals surface area contributed by atoms with Gasteiger partial charge in [-0.2, -0.15) is 5.26 Å². The van der Waals surface area contributed by atoms with Crippen molar-refractivity contribution in [2.45, 2.75) is 19.4 Å². The second-order valence-corrected chi connectivity index (χ2v) is 6.68. The van der Waals surface area contributed by atoms with Crippen LogP contribution in [0.4, 0.5) is 0 Å². The minimum Gasteiger partial charge on any atom is -0.347 e. The van der Waals surface area contributed by atoms with E-state index in [1.165, 1.54) is 0 Å². The van der Waals surface area contributed by atoms with E-state index in [1.54, 1.807) is 23.4 Å². The number of aromatic nitrogens is 1. The molecule has 3 rings (SSSR count). The second kappa shape index (κ2) is 10.00. The number of fused-ring (bicyclic) bond motifs is 1. The number of hydrogen-bond acceptors (Lipinski definition) is 4. The zero-order valence-corrected chi connectivity index (χ0v) is 16.0. The van der Waals surface area contributed by atoms with Crippen molar-refractivity contribution in [2.75, 3.05) is 13.1 Å². The molecule has 0 aliphatic rings. The Balaban J connectivity index is 1.59. The largest absolute Gasteiger partial charge is 0.347 e. The van der Waals surface area contributed by atoms with Gasteiger partial charge < -0.3 is 10.2 Å². The predicted molar refractivity (Wildman–Crippen MR) is 111 cm³/mol. The van der Waals surface area contributed by atoms with Crippen LogP contribution in [0.2, 0.25) is 0 Å². The number of nitrogens with one attached hydrogen (secondary N) is 1. The fourth-order valence-corrected chi connectivity index (χ4v) is 3.16. The molecule has 1 heterocycles. The molecule has 3 aromatic rings. The van der Waals surface area contributed by atoms with Gasteiger partial charge in [0.2, 0.25) is 11.8 Å². The molecule has 29 heavy (non-hydrogen) atoms. The fraction of sp³-hybridized carbons (Fsp3) is 0.217. The normalized spacial score (nSPS) is 10.3. The molecular weight excluding hydrogens is 364 g/mol. The predicted octanol–water partition coefficient (Wildman–Crippen LogP) is 2.84. The summed E-state index contributed by atoms with van der Waals surface area (Å²) in [6.45, 7) is 0.562. The number of carbonyl (C=O) groups excluding carboxylic acids is 2. The maximum absolute atomic E-state index is 12.6. The van der Waals surface area contributed by atoms with Gasteiger partial charge in [0.15, 0.2) is 0 Å². The van der Waals surface area contributed by atoms with E-state index in [0.29, 0.717) is 13.1 Å². The van der Waals surface area contributed by atoms with Crippen LogP contribution >= 0.6 is 0 Å². The molecule has 0 fully saturated rings. The van der Waals surface area contributed by atoms with E-state index >= 15 is 0 Å². The van der Waals surface area contributed by atoms with E-state index < -0.39 is 0 Å². The molecule has 6 nitrogen and oxygen atoms in total. The van der Waals surface area contributed by atoms with Crippen LogP contribution in [0.5, 0.6) is 0 Å². The van der Waals surface area contributed by atoms with E-state index in [1.807, 2.05) is 48.5 Å². The van der Waals surface area contributed by atoms with Crippen molar-refractivity contribution in [2.24, 2.45) is 0 Å². The van der Waals surface area contributed by atoms with Crippen LogP contribution in [-0.2, 0) is 22.6 Å². The molecule has 0 aliphatic heterocycles.